The minimum Gasteiger partial charge on any atom is -0.355 e. The summed E-state index contributed by atoms with van der Waals surface area (Å²) in [4.78, 5) is 19.1. The number of rotatable bonds is 3. The number of aromatic nitrogens is 1. The third kappa shape index (κ3) is 3.51. The van der Waals surface area contributed by atoms with Crippen LogP contribution in [0.3, 0.4) is 0 Å². The Morgan fingerprint density at radius 3 is 2.81 bits per heavy atom. The highest BCUT2D eigenvalue weighted by Crippen LogP contribution is 2.28. The SMILES string of the molecule is N#Cc1cccc(Nc2ccnc(C(=O)N3CCCc4ccccc43)c2)c1. The van der Waals surface area contributed by atoms with E-state index in [1.807, 2.05) is 30.3 Å². The van der Waals surface area contributed by atoms with Crippen molar-refractivity contribution < 1.29 is 4.79 Å². The van der Waals surface area contributed by atoms with E-state index >= 15 is 0 Å². The lowest BCUT2D eigenvalue weighted by atomic mass is 10.0. The average Bonchev–Trinajstić information content (AvgIpc) is 2.73. The predicted molar refractivity (Wildman–Crippen MR) is 105 cm³/mol. The van der Waals surface area contributed by atoms with Gasteiger partial charge in [-0.2, -0.15) is 5.26 Å². The molecule has 0 saturated carbocycles. The van der Waals surface area contributed by atoms with Crippen molar-refractivity contribution in [3.8, 4) is 6.07 Å². The number of hydrogen-bond acceptors (Lipinski definition) is 4. The molecular formula is C22H18N4O. The Balaban J connectivity index is 1.59. The lowest BCUT2D eigenvalue weighted by molar-refractivity contribution is 0.0980. The van der Waals surface area contributed by atoms with Gasteiger partial charge in [0.05, 0.1) is 11.6 Å². The molecule has 1 aliphatic rings. The molecule has 2 heterocycles. The summed E-state index contributed by atoms with van der Waals surface area (Å²) in [5.41, 5.74) is 4.69. The number of fused-ring (bicyclic) bond motifs is 1. The first-order valence-electron chi connectivity index (χ1n) is 8.87. The fraction of sp³-hybridized carbons (Fsp3) is 0.136. The zero-order chi connectivity index (χ0) is 18.6. The molecular weight excluding hydrogens is 336 g/mol. The van der Waals surface area contributed by atoms with E-state index in [4.69, 9.17) is 5.26 Å². The van der Waals surface area contributed by atoms with Gasteiger partial charge in [0.2, 0.25) is 0 Å². The van der Waals surface area contributed by atoms with Crippen molar-refractivity contribution in [3.63, 3.8) is 0 Å². The monoisotopic (exact) mass is 354 g/mol. The van der Waals surface area contributed by atoms with Gasteiger partial charge in [-0.25, -0.2) is 0 Å². The summed E-state index contributed by atoms with van der Waals surface area (Å²) in [6.07, 6.45) is 3.56. The van der Waals surface area contributed by atoms with Crippen LogP contribution in [-0.2, 0) is 6.42 Å². The number of anilines is 3. The molecule has 4 rings (SSSR count). The lowest BCUT2D eigenvalue weighted by Gasteiger charge is -2.29. The molecule has 0 spiro atoms. The Labute approximate surface area is 157 Å². The number of hydrogen-bond donors (Lipinski definition) is 1. The first-order chi connectivity index (χ1) is 13.2. The van der Waals surface area contributed by atoms with E-state index in [0.29, 0.717) is 17.8 Å². The van der Waals surface area contributed by atoms with Gasteiger partial charge in [0.25, 0.3) is 5.91 Å². The van der Waals surface area contributed by atoms with Gasteiger partial charge in [0, 0.05) is 29.8 Å². The van der Waals surface area contributed by atoms with Crippen LogP contribution in [0.2, 0.25) is 0 Å². The van der Waals surface area contributed by atoms with Crippen LogP contribution in [0.15, 0.2) is 66.9 Å². The molecule has 0 aliphatic carbocycles. The van der Waals surface area contributed by atoms with Crippen LogP contribution < -0.4 is 10.2 Å². The van der Waals surface area contributed by atoms with Gasteiger partial charge in [-0.15, -0.1) is 0 Å². The normalized spacial score (nSPS) is 12.8. The van der Waals surface area contributed by atoms with Crippen LogP contribution in [0.1, 0.15) is 28.0 Å². The van der Waals surface area contributed by atoms with E-state index in [-0.39, 0.29) is 5.91 Å². The van der Waals surface area contributed by atoms with E-state index in [9.17, 15) is 4.79 Å². The first-order valence-corrected chi connectivity index (χ1v) is 8.87. The van der Waals surface area contributed by atoms with E-state index < -0.39 is 0 Å². The molecule has 0 saturated heterocycles. The molecule has 0 atom stereocenters. The fourth-order valence-electron chi connectivity index (χ4n) is 3.34. The summed E-state index contributed by atoms with van der Waals surface area (Å²) < 4.78 is 0. The Hall–Kier alpha value is -3.65. The molecule has 1 N–H and O–H groups in total. The molecule has 0 radical (unpaired) electrons. The summed E-state index contributed by atoms with van der Waals surface area (Å²) in [5, 5.41) is 12.3. The molecule has 1 aliphatic heterocycles. The smallest absolute Gasteiger partial charge is 0.276 e. The van der Waals surface area contributed by atoms with Crippen LogP contribution in [-0.4, -0.2) is 17.4 Å². The largest absolute Gasteiger partial charge is 0.355 e. The number of carbonyl (C=O) groups is 1. The molecule has 5 heteroatoms. The number of nitriles is 1. The molecule has 1 amide bonds. The Morgan fingerprint density at radius 2 is 1.93 bits per heavy atom. The van der Waals surface area contributed by atoms with Crippen LogP contribution in [0.4, 0.5) is 17.1 Å². The first kappa shape index (κ1) is 16.8. The van der Waals surface area contributed by atoms with Crippen molar-refractivity contribution in [1.29, 1.82) is 5.26 Å². The number of para-hydroxylation sites is 1. The number of nitrogens with zero attached hydrogens (tertiary/aromatic N) is 3. The average molecular weight is 354 g/mol. The number of amides is 1. The van der Waals surface area contributed by atoms with Gasteiger partial charge < -0.3 is 10.2 Å². The van der Waals surface area contributed by atoms with E-state index in [2.05, 4.69) is 22.4 Å². The van der Waals surface area contributed by atoms with Crippen molar-refractivity contribution in [3.05, 3.63) is 83.7 Å². The van der Waals surface area contributed by atoms with E-state index in [0.717, 1.165) is 29.9 Å². The number of nitrogens with one attached hydrogen (secondary N) is 1. The number of pyridine rings is 1. The Kier molecular flexibility index (Phi) is 4.54. The zero-order valence-electron chi connectivity index (χ0n) is 14.7. The fourth-order valence-corrected chi connectivity index (χ4v) is 3.34. The zero-order valence-corrected chi connectivity index (χ0v) is 14.7. The summed E-state index contributed by atoms with van der Waals surface area (Å²) in [7, 11) is 0. The maximum absolute atomic E-state index is 13.1. The van der Waals surface area contributed by atoms with Crippen molar-refractivity contribution in [2.75, 3.05) is 16.8 Å². The lowest BCUT2D eigenvalue weighted by Crippen LogP contribution is -2.35. The third-order valence-corrected chi connectivity index (χ3v) is 4.61. The highest BCUT2D eigenvalue weighted by atomic mass is 16.2. The second-order valence-corrected chi connectivity index (χ2v) is 6.44. The molecule has 5 nitrogen and oxygen atoms in total. The van der Waals surface area contributed by atoms with Gasteiger partial charge in [-0.1, -0.05) is 24.3 Å². The minimum absolute atomic E-state index is 0.100. The molecule has 1 aromatic heterocycles. The topological polar surface area (TPSA) is 69.0 Å². The predicted octanol–water partition coefficient (Wildman–Crippen LogP) is 4.29. The molecule has 0 fully saturated rings. The van der Waals surface area contributed by atoms with Crippen LogP contribution in [0.5, 0.6) is 0 Å². The molecule has 0 bridgehead atoms. The van der Waals surface area contributed by atoms with Crippen molar-refractivity contribution in [2.45, 2.75) is 12.8 Å². The van der Waals surface area contributed by atoms with Gasteiger partial charge in [0.15, 0.2) is 0 Å². The Morgan fingerprint density at radius 1 is 1.07 bits per heavy atom. The standard InChI is InChI=1S/C22H18N4O/c23-15-16-5-3-8-18(13-16)25-19-10-11-24-20(14-19)22(27)26-12-4-7-17-6-1-2-9-21(17)26/h1-3,5-6,8-11,13-14H,4,7,12H2,(H,24,25). The van der Waals surface area contributed by atoms with Gasteiger partial charge in [-0.3, -0.25) is 9.78 Å². The highest BCUT2D eigenvalue weighted by molar-refractivity contribution is 6.06. The summed E-state index contributed by atoms with van der Waals surface area (Å²) >= 11 is 0. The number of aryl methyl sites for hydroxylation is 1. The minimum atomic E-state index is -0.100. The second-order valence-electron chi connectivity index (χ2n) is 6.44. The molecule has 3 aromatic rings. The van der Waals surface area contributed by atoms with Crippen molar-refractivity contribution in [2.24, 2.45) is 0 Å². The maximum atomic E-state index is 13.1. The number of carbonyl (C=O) groups excluding carboxylic acids is 1. The third-order valence-electron chi connectivity index (χ3n) is 4.61. The van der Waals surface area contributed by atoms with Gasteiger partial charge >= 0.3 is 0 Å². The van der Waals surface area contributed by atoms with Crippen LogP contribution in [0.25, 0.3) is 0 Å². The van der Waals surface area contributed by atoms with Gasteiger partial charge in [-0.05, 0) is 54.8 Å². The second kappa shape index (κ2) is 7.30. The molecule has 0 unspecified atom stereocenters. The van der Waals surface area contributed by atoms with E-state index in [1.54, 1.807) is 35.4 Å². The summed E-state index contributed by atoms with van der Waals surface area (Å²) in [6.45, 7) is 0.694. The summed E-state index contributed by atoms with van der Waals surface area (Å²) in [6, 6.07) is 20.9. The number of benzene rings is 2. The van der Waals surface area contributed by atoms with Crippen LogP contribution >= 0.6 is 0 Å². The van der Waals surface area contributed by atoms with Crippen molar-refractivity contribution in [1.82, 2.24) is 4.98 Å². The van der Waals surface area contributed by atoms with Crippen LogP contribution in [0, 0.1) is 11.3 Å². The summed E-state index contributed by atoms with van der Waals surface area (Å²) in [5.74, 6) is -0.100. The van der Waals surface area contributed by atoms with E-state index in [1.165, 1.54) is 5.56 Å². The molecule has 132 valence electrons. The molecule has 2 aromatic carbocycles. The maximum Gasteiger partial charge on any atom is 0.276 e. The van der Waals surface area contributed by atoms with Gasteiger partial charge in [0.1, 0.15) is 5.69 Å². The highest BCUT2D eigenvalue weighted by Gasteiger charge is 2.24. The Bertz CT molecular complexity index is 1040. The quantitative estimate of drug-likeness (QED) is 0.762. The molecule has 27 heavy (non-hydrogen) atoms. The van der Waals surface area contributed by atoms with Crippen molar-refractivity contribution >= 4 is 23.0 Å².